The van der Waals surface area contributed by atoms with E-state index < -0.39 is 0 Å². The molecule has 0 fully saturated rings. The molecule has 0 aliphatic rings. The molecule has 4 aromatic carbocycles. The van der Waals surface area contributed by atoms with Gasteiger partial charge in [0.2, 0.25) is 0 Å². The van der Waals surface area contributed by atoms with Crippen LogP contribution in [0.25, 0.3) is 27.8 Å². The van der Waals surface area contributed by atoms with Gasteiger partial charge in [-0.1, -0.05) is 90.6 Å². The van der Waals surface area contributed by atoms with E-state index in [4.69, 9.17) is 0 Å². The van der Waals surface area contributed by atoms with E-state index in [1.807, 2.05) is 18.2 Å². The van der Waals surface area contributed by atoms with Crippen molar-refractivity contribution < 1.29 is 0 Å². The second kappa shape index (κ2) is 8.40. The summed E-state index contributed by atoms with van der Waals surface area (Å²) < 4.78 is 2.18. The molecule has 1 heterocycles. The van der Waals surface area contributed by atoms with E-state index in [1.165, 1.54) is 27.5 Å². The van der Waals surface area contributed by atoms with Crippen LogP contribution in [0.4, 0.5) is 0 Å². The first kappa shape index (κ1) is 19.6. The fourth-order valence-electron chi connectivity index (χ4n) is 3.80. The number of fused-ring (bicyclic) bond motifs is 1. The normalized spacial score (nSPS) is 11.2. The van der Waals surface area contributed by atoms with Gasteiger partial charge in [0.15, 0.2) is 11.0 Å². The molecule has 31 heavy (non-hydrogen) atoms. The Bertz CT molecular complexity index is 1350. The van der Waals surface area contributed by atoms with Crippen LogP contribution >= 0.6 is 11.8 Å². The quantitative estimate of drug-likeness (QED) is 0.286. The van der Waals surface area contributed by atoms with Gasteiger partial charge in [-0.15, -0.1) is 10.2 Å². The fraction of sp³-hybridized carbons (Fsp3) is 0.111. The molecule has 0 spiro atoms. The molecular formula is C27H23N3S. The standard InChI is InChI=1S/C27H23N3S/c1-19-15-16-24(17-20(19)2)30-26(22-10-4-3-5-11-22)28-29-27(30)31-18-23-13-8-12-21-9-6-7-14-25(21)23/h3-17H,18H2,1-2H3. The molecule has 0 radical (unpaired) electrons. The number of hydrogen-bond acceptors (Lipinski definition) is 3. The first-order chi connectivity index (χ1) is 15.2. The highest BCUT2D eigenvalue weighted by Gasteiger charge is 2.17. The number of thioether (sulfide) groups is 1. The van der Waals surface area contributed by atoms with E-state index in [0.29, 0.717) is 0 Å². The highest BCUT2D eigenvalue weighted by Crippen LogP contribution is 2.32. The van der Waals surface area contributed by atoms with Crippen molar-refractivity contribution in [3.63, 3.8) is 0 Å². The molecule has 0 saturated carbocycles. The Balaban J connectivity index is 1.57. The molecule has 0 aliphatic carbocycles. The number of aryl methyl sites for hydroxylation is 2. The van der Waals surface area contributed by atoms with Crippen molar-refractivity contribution in [1.82, 2.24) is 14.8 Å². The van der Waals surface area contributed by atoms with E-state index in [-0.39, 0.29) is 0 Å². The van der Waals surface area contributed by atoms with Crippen LogP contribution in [-0.2, 0) is 5.75 Å². The van der Waals surface area contributed by atoms with Crippen molar-refractivity contribution in [2.45, 2.75) is 24.8 Å². The highest BCUT2D eigenvalue weighted by atomic mass is 32.2. The summed E-state index contributed by atoms with van der Waals surface area (Å²) in [4.78, 5) is 0. The Kier molecular flexibility index (Phi) is 5.31. The van der Waals surface area contributed by atoms with E-state index in [2.05, 4.69) is 101 Å². The Hall–Kier alpha value is -3.37. The molecule has 0 bridgehead atoms. The first-order valence-electron chi connectivity index (χ1n) is 10.4. The number of aromatic nitrogens is 3. The summed E-state index contributed by atoms with van der Waals surface area (Å²) in [5, 5.41) is 12.6. The molecule has 3 nitrogen and oxygen atoms in total. The SMILES string of the molecule is Cc1ccc(-n2c(SCc3cccc4ccccc34)nnc2-c2ccccc2)cc1C. The number of rotatable bonds is 5. The molecule has 1 aromatic heterocycles. The summed E-state index contributed by atoms with van der Waals surface area (Å²) in [7, 11) is 0. The van der Waals surface area contributed by atoms with Crippen LogP contribution in [0.1, 0.15) is 16.7 Å². The van der Waals surface area contributed by atoms with Crippen molar-refractivity contribution in [1.29, 1.82) is 0 Å². The molecule has 0 unspecified atom stereocenters. The van der Waals surface area contributed by atoms with Crippen molar-refractivity contribution >= 4 is 22.5 Å². The maximum Gasteiger partial charge on any atom is 0.196 e. The summed E-state index contributed by atoms with van der Waals surface area (Å²) in [6.07, 6.45) is 0. The van der Waals surface area contributed by atoms with Gasteiger partial charge in [0, 0.05) is 11.3 Å². The monoisotopic (exact) mass is 421 g/mol. The minimum Gasteiger partial charge on any atom is -0.270 e. The van der Waals surface area contributed by atoms with Gasteiger partial charge in [-0.2, -0.15) is 0 Å². The second-order valence-electron chi connectivity index (χ2n) is 7.70. The highest BCUT2D eigenvalue weighted by molar-refractivity contribution is 7.98. The Morgan fingerprint density at radius 3 is 2.35 bits per heavy atom. The van der Waals surface area contributed by atoms with Gasteiger partial charge in [0.25, 0.3) is 0 Å². The van der Waals surface area contributed by atoms with Crippen molar-refractivity contribution in [2.75, 3.05) is 0 Å². The number of benzene rings is 4. The van der Waals surface area contributed by atoms with E-state index in [9.17, 15) is 0 Å². The van der Waals surface area contributed by atoms with Gasteiger partial charge in [0.1, 0.15) is 0 Å². The Labute approximate surface area is 186 Å². The largest absolute Gasteiger partial charge is 0.270 e. The minimum absolute atomic E-state index is 0.832. The smallest absolute Gasteiger partial charge is 0.196 e. The van der Waals surface area contributed by atoms with Crippen molar-refractivity contribution in [2.24, 2.45) is 0 Å². The fourth-order valence-corrected chi connectivity index (χ4v) is 4.75. The molecule has 5 aromatic rings. The predicted octanol–water partition coefficient (Wildman–Crippen LogP) is 7.00. The topological polar surface area (TPSA) is 30.7 Å². The minimum atomic E-state index is 0.832. The summed E-state index contributed by atoms with van der Waals surface area (Å²) >= 11 is 1.72. The molecule has 0 amide bonds. The van der Waals surface area contributed by atoms with Crippen LogP contribution in [0.15, 0.2) is 96.2 Å². The zero-order valence-electron chi connectivity index (χ0n) is 17.6. The second-order valence-corrected chi connectivity index (χ2v) is 8.65. The molecule has 0 aliphatic heterocycles. The lowest BCUT2D eigenvalue weighted by Gasteiger charge is -2.13. The summed E-state index contributed by atoms with van der Waals surface area (Å²) in [5.41, 5.74) is 6.00. The van der Waals surface area contributed by atoms with E-state index in [0.717, 1.165) is 28.0 Å². The number of hydrogen-bond donors (Lipinski definition) is 0. The third kappa shape index (κ3) is 3.87. The molecular weight excluding hydrogens is 398 g/mol. The van der Waals surface area contributed by atoms with Gasteiger partial charge in [-0.3, -0.25) is 4.57 Å². The van der Waals surface area contributed by atoms with Gasteiger partial charge < -0.3 is 0 Å². The van der Waals surface area contributed by atoms with Crippen molar-refractivity contribution in [3.8, 4) is 17.1 Å². The lowest BCUT2D eigenvalue weighted by molar-refractivity contribution is 0.884. The van der Waals surface area contributed by atoms with Crippen LogP contribution in [0.3, 0.4) is 0 Å². The van der Waals surface area contributed by atoms with Gasteiger partial charge in [-0.05, 0) is 53.4 Å². The first-order valence-corrected chi connectivity index (χ1v) is 11.4. The van der Waals surface area contributed by atoms with Gasteiger partial charge in [-0.25, -0.2) is 0 Å². The van der Waals surface area contributed by atoms with Gasteiger partial charge >= 0.3 is 0 Å². The molecule has 0 N–H and O–H groups in total. The van der Waals surface area contributed by atoms with E-state index >= 15 is 0 Å². The maximum absolute atomic E-state index is 4.59. The maximum atomic E-state index is 4.59. The van der Waals surface area contributed by atoms with E-state index in [1.54, 1.807) is 11.8 Å². The average Bonchev–Trinajstić information content (AvgIpc) is 3.24. The average molecular weight is 422 g/mol. The zero-order valence-corrected chi connectivity index (χ0v) is 18.4. The lowest BCUT2D eigenvalue weighted by Crippen LogP contribution is -2.01. The number of nitrogens with zero attached hydrogens (tertiary/aromatic N) is 3. The molecule has 0 saturated heterocycles. The van der Waals surface area contributed by atoms with Crippen LogP contribution in [-0.4, -0.2) is 14.8 Å². The molecule has 152 valence electrons. The Morgan fingerprint density at radius 1 is 0.742 bits per heavy atom. The lowest BCUT2D eigenvalue weighted by atomic mass is 10.1. The summed E-state index contributed by atoms with van der Waals surface area (Å²) in [6, 6.07) is 31.8. The summed E-state index contributed by atoms with van der Waals surface area (Å²) in [6.45, 7) is 4.29. The van der Waals surface area contributed by atoms with Crippen LogP contribution in [0.5, 0.6) is 0 Å². The van der Waals surface area contributed by atoms with Gasteiger partial charge in [0.05, 0.1) is 5.69 Å². The van der Waals surface area contributed by atoms with Crippen LogP contribution in [0, 0.1) is 13.8 Å². The van der Waals surface area contributed by atoms with Crippen LogP contribution in [0.2, 0.25) is 0 Å². The third-order valence-electron chi connectivity index (χ3n) is 5.65. The Morgan fingerprint density at radius 2 is 1.52 bits per heavy atom. The zero-order chi connectivity index (χ0) is 21.2. The molecule has 0 atom stereocenters. The summed E-state index contributed by atoms with van der Waals surface area (Å²) in [5.74, 6) is 1.70. The molecule has 4 heteroatoms. The van der Waals surface area contributed by atoms with Crippen LogP contribution < -0.4 is 0 Å². The third-order valence-corrected chi connectivity index (χ3v) is 6.63. The van der Waals surface area contributed by atoms with Crippen molar-refractivity contribution in [3.05, 3.63) is 108 Å². The predicted molar refractivity (Wildman–Crippen MR) is 130 cm³/mol. The molecule has 5 rings (SSSR count).